The van der Waals surface area contributed by atoms with Crippen LogP contribution in [0.4, 0.5) is 18.9 Å². The summed E-state index contributed by atoms with van der Waals surface area (Å²) >= 11 is 0. The number of benzene rings is 1. The van der Waals surface area contributed by atoms with E-state index in [-0.39, 0.29) is 11.9 Å². The number of rotatable bonds is 3. The lowest BCUT2D eigenvalue weighted by Gasteiger charge is -2.33. The molecule has 5 nitrogen and oxygen atoms in total. The minimum absolute atomic E-state index is 0.0679. The molecule has 2 aromatic heterocycles. The summed E-state index contributed by atoms with van der Waals surface area (Å²) in [6.07, 6.45) is -0.344. The second-order valence-corrected chi connectivity index (χ2v) is 7.06. The standard InChI is InChI=1S/C21H19F3N4O/c1-3-16-12-27(17-6-4-15(5-7-17)21(22,23)24)20(29)19-18(11-26-28(16)19)14-8-9-25-13(2)10-14/h4-11,16H,3,12H2,1-2H3/t16-/m1/s1. The van der Waals surface area contributed by atoms with Crippen LogP contribution in [0, 0.1) is 6.92 Å². The number of halogens is 3. The van der Waals surface area contributed by atoms with E-state index in [0.29, 0.717) is 23.5 Å². The lowest BCUT2D eigenvalue weighted by atomic mass is 10.0. The van der Waals surface area contributed by atoms with Gasteiger partial charge in [0.25, 0.3) is 5.91 Å². The fraction of sp³-hybridized carbons (Fsp3) is 0.286. The van der Waals surface area contributed by atoms with E-state index in [4.69, 9.17) is 0 Å². The summed E-state index contributed by atoms with van der Waals surface area (Å²) < 4.78 is 40.4. The van der Waals surface area contributed by atoms with Crippen LogP contribution in [0.15, 0.2) is 48.8 Å². The second kappa shape index (κ2) is 7.02. The second-order valence-electron chi connectivity index (χ2n) is 7.06. The van der Waals surface area contributed by atoms with Crippen LogP contribution in [0.5, 0.6) is 0 Å². The fourth-order valence-corrected chi connectivity index (χ4v) is 3.63. The average molecular weight is 400 g/mol. The summed E-state index contributed by atoms with van der Waals surface area (Å²) in [4.78, 5) is 19.0. The molecule has 1 aliphatic heterocycles. The molecule has 0 saturated heterocycles. The molecule has 1 aromatic carbocycles. The molecule has 0 aliphatic carbocycles. The van der Waals surface area contributed by atoms with E-state index in [0.717, 1.165) is 29.8 Å². The first-order valence-corrected chi connectivity index (χ1v) is 9.29. The number of nitrogens with zero attached hydrogens (tertiary/aromatic N) is 4. The molecular weight excluding hydrogens is 381 g/mol. The molecule has 0 fully saturated rings. The van der Waals surface area contributed by atoms with Crippen molar-refractivity contribution in [2.45, 2.75) is 32.5 Å². The van der Waals surface area contributed by atoms with E-state index >= 15 is 0 Å². The zero-order valence-corrected chi connectivity index (χ0v) is 15.9. The van der Waals surface area contributed by atoms with Crippen LogP contribution in [0.1, 0.15) is 41.1 Å². The van der Waals surface area contributed by atoms with Crippen LogP contribution < -0.4 is 4.90 Å². The number of hydrogen-bond donors (Lipinski definition) is 0. The Bertz CT molecular complexity index is 1060. The number of anilines is 1. The summed E-state index contributed by atoms with van der Waals surface area (Å²) in [7, 11) is 0. The third-order valence-electron chi connectivity index (χ3n) is 5.17. The highest BCUT2D eigenvalue weighted by molar-refractivity contribution is 6.09. The number of amides is 1. The molecule has 0 unspecified atom stereocenters. The molecule has 1 atom stereocenters. The van der Waals surface area contributed by atoms with Gasteiger partial charge in [-0.25, -0.2) is 0 Å². The van der Waals surface area contributed by atoms with Crippen LogP contribution in [0.2, 0.25) is 0 Å². The Morgan fingerprint density at radius 2 is 1.90 bits per heavy atom. The Kier molecular flexibility index (Phi) is 4.64. The molecule has 29 heavy (non-hydrogen) atoms. The molecule has 3 aromatic rings. The van der Waals surface area contributed by atoms with Crippen molar-refractivity contribution in [3.63, 3.8) is 0 Å². The van der Waals surface area contributed by atoms with Gasteiger partial charge in [-0.15, -0.1) is 0 Å². The van der Waals surface area contributed by atoms with E-state index in [1.165, 1.54) is 17.0 Å². The normalized spacial score (nSPS) is 16.8. The topological polar surface area (TPSA) is 51.0 Å². The molecule has 3 heterocycles. The van der Waals surface area contributed by atoms with Gasteiger partial charge in [-0.05, 0) is 55.3 Å². The van der Waals surface area contributed by atoms with Gasteiger partial charge in [-0.2, -0.15) is 18.3 Å². The molecule has 0 bridgehead atoms. The zero-order chi connectivity index (χ0) is 20.8. The lowest BCUT2D eigenvalue weighted by Crippen LogP contribution is -2.43. The summed E-state index contributed by atoms with van der Waals surface area (Å²) in [6.45, 7) is 4.21. The van der Waals surface area contributed by atoms with Gasteiger partial charge in [0.2, 0.25) is 0 Å². The van der Waals surface area contributed by atoms with Crippen molar-refractivity contribution in [2.75, 3.05) is 11.4 Å². The first-order chi connectivity index (χ1) is 13.8. The van der Waals surface area contributed by atoms with Gasteiger partial charge in [0.05, 0.1) is 17.8 Å². The SMILES string of the molecule is CC[C@@H]1CN(c2ccc(C(F)(F)F)cc2)C(=O)c2c(-c3ccnc(C)c3)cnn21. The smallest absolute Gasteiger partial charge is 0.305 e. The molecule has 0 radical (unpaired) electrons. The van der Waals surface area contributed by atoms with E-state index in [1.54, 1.807) is 17.1 Å². The Morgan fingerprint density at radius 1 is 1.17 bits per heavy atom. The van der Waals surface area contributed by atoms with Crippen molar-refractivity contribution in [1.82, 2.24) is 14.8 Å². The van der Waals surface area contributed by atoms with E-state index in [9.17, 15) is 18.0 Å². The maximum absolute atomic E-state index is 13.3. The van der Waals surface area contributed by atoms with Crippen molar-refractivity contribution in [1.29, 1.82) is 0 Å². The van der Waals surface area contributed by atoms with Gasteiger partial charge in [0.15, 0.2) is 0 Å². The summed E-state index contributed by atoms with van der Waals surface area (Å²) in [6, 6.07) is 8.32. The number of hydrogen-bond acceptors (Lipinski definition) is 3. The average Bonchev–Trinajstić information content (AvgIpc) is 3.14. The molecule has 0 N–H and O–H groups in total. The highest BCUT2D eigenvalue weighted by atomic mass is 19.4. The Morgan fingerprint density at radius 3 is 2.52 bits per heavy atom. The van der Waals surface area contributed by atoms with Crippen LogP contribution >= 0.6 is 0 Å². The Balaban J connectivity index is 1.77. The number of carbonyl (C=O) groups excluding carboxylic acids is 1. The van der Waals surface area contributed by atoms with Crippen molar-refractivity contribution in [2.24, 2.45) is 0 Å². The summed E-state index contributed by atoms with van der Waals surface area (Å²) in [5.74, 6) is -0.281. The first kappa shape index (κ1) is 19.2. The fourth-order valence-electron chi connectivity index (χ4n) is 3.63. The van der Waals surface area contributed by atoms with Gasteiger partial charge in [-0.3, -0.25) is 14.5 Å². The number of alkyl halides is 3. The maximum Gasteiger partial charge on any atom is 0.416 e. The molecule has 8 heteroatoms. The first-order valence-electron chi connectivity index (χ1n) is 9.29. The third-order valence-corrected chi connectivity index (χ3v) is 5.17. The number of aryl methyl sites for hydroxylation is 1. The van der Waals surface area contributed by atoms with Gasteiger partial charge < -0.3 is 4.90 Å². The Hall–Kier alpha value is -3.16. The molecule has 1 aliphatic rings. The molecular formula is C21H19F3N4O. The van der Waals surface area contributed by atoms with Gasteiger partial charge in [-0.1, -0.05) is 6.92 Å². The van der Waals surface area contributed by atoms with Gasteiger partial charge in [0, 0.05) is 29.7 Å². The lowest BCUT2D eigenvalue weighted by molar-refractivity contribution is -0.137. The van der Waals surface area contributed by atoms with E-state index < -0.39 is 11.7 Å². The minimum atomic E-state index is -4.42. The zero-order valence-electron chi connectivity index (χ0n) is 15.9. The highest BCUT2D eigenvalue weighted by Crippen LogP contribution is 2.35. The summed E-state index contributed by atoms with van der Waals surface area (Å²) in [5.41, 5.74) is 2.47. The van der Waals surface area contributed by atoms with Crippen LogP contribution in [0.3, 0.4) is 0 Å². The minimum Gasteiger partial charge on any atom is -0.305 e. The summed E-state index contributed by atoms with van der Waals surface area (Å²) in [5, 5.41) is 4.44. The molecule has 4 rings (SSSR count). The highest BCUT2D eigenvalue weighted by Gasteiger charge is 2.36. The number of carbonyl (C=O) groups is 1. The van der Waals surface area contributed by atoms with E-state index in [2.05, 4.69) is 10.1 Å². The number of aromatic nitrogens is 3. The van der Waals surface area contributed by atoms with Crippen LogP contribution in [-0.2, 0) is 6.18 Å². The van der Waals surface area contributed by atoms with Crippen LogP contribution in [0.25, 0.3) is 11.1 Å². The number of pyridine rings is 1. The Labute approximate surface area is 165 Å². The molecule has 0 spiro atoms. The quantitative estimate of drug-likeness (QED) is 0.629. The van der Waals surface area contributed by atoms with Gasteiger partial charge in [0.1, 0.15) is 5.69 Å². The number of fused-ring (bicyclic) bond motifs is 1. The van der Waals surface area contributed by atoms with Crippen molar-refractivity contribution in [3.8, 4) is 11.1 Å². The monoisotopic (exact) mass is 400 g/mol. The van der Waals surface area contributed by atoms with Crippen molar-refractivity contribution < 1.29 is 18.0 Å². The largest absolute Gasteiger partial charge is 0.416 e. The van der Waals surface area contributed by atoms with Crippen molar-refractivity contribution in [3.05, 3.63) is 65.7 Å². The predicted molar refractivity (Wildman–Crippen MR) is 103 cm³/mol. The van der Waals surface area contributed by atoms with Crippen LogP contribution in [-0.4, -0.2) is 27.2 Å². The van der Waals surface area contributed by atoms with E-state index in [1.807, 2.05) is 26.0 Å². The van der Waals surface area contributed by atoms with Gasteiger partial charge >= 0.3 is 6.18 Å². The molecule has 1 amide bonds. The molecule has 0 saturated carbocycles. The predicted octanol–water partition coefficient (Wildman–Crippen LogP) is 4.88. The van der Waals surface area contributed by atoms with Crippen molar-refractivity contribution >= 4 is 11.6 Å². The molecule has 150 valence electrons. The maximum atomic E-state index is 13.3. The third kappa shape index (κ3) is 3.39.